The van der Waals surface area contributed by atoms with Crippen LogP contribution in [0.25, 0.3) is 0 Å². The minimum Gasteiger partial charge on any atom is -0.506 e. The van der Waals surface area contributed by atoms with Crippen molar-refractivity contribution in [3.05, 3.63) is 21.7 Å². The lowest BCUT2D eigenvalue weighted by molar-refractivity contribution is 0.0597. The van der Waals surface area contributed by atoms with E-state index in [2.05, 4.69) is 20.7 Å². The Hall–Kier alpha value is -1.23. The van der Waals surface area contributed by atoms with Crippen LogP contribution >= 0.6 is 15.9 Å². The largest absolute Gasteiger partial charge is 0.506 e. The SMILES string of the molecule is COC(=O)c1cc(OC)c(C)c(Br)c1O. The quantitative estimate of drug-likeness (QED) is 0.841. The first-order valence-corrected chi connectivity index (χ1v) is 4.96. The molecule has 0 aliphatic carbocycles. The number of rotatable bonds is 2. The van der Waals surface area contributed by atoms with E-state index in [1.165, 1.54) is 20.3 Å². The van der Waals surface area contributed by atoms with E-state index in [1.807, 2.05) is 0 Å². The van der Waals surface area contributed by atoms with E-state index < -0.39 is 5.97 Å². The number of methoxy groups -OCH3 is 2. The van der Waals surface area contributed by atoms with Gasteiger partial charge in [0.1, 0.15) is 17.1 Å². The summed E-state index contributed by atoms with van der Waals surface area (Å²) in [5, 5.41) is 9.70. The highest BCUT2D eigenvalue weighted by molar-refractivity contribution is 9.10. The average molecular weight is 275 g/mol. The topological polar surface area (TPSA) is 55.8 Å². The molecule has 4 nitrogen and oxygen atoms in total. The lowest BCUT2D eigenvalue weighted by Gasteiger charge is -2.11. The lowest BCUT2D eigenvalue weighted by atomic mass is 10.1. The number of phenols is 1. The molecule has 0 bridgehead atoms. The highest BCUT2D eigenvalue weighted by Crippen LogP contribution is 2.37. The molecule has 0 amide bonds. The molecule has 1 rings (SSSR count). The third-order valence-electron chi connectivity index (χ3n) is 2.06. The van der Waals surface area contributed by atoms with Gasteiger partial charge in [0, 0.05) is 5.56 Å². The molecule has 0 heterocycles. The Balaban J connectivity index is 3.41. The van der Waals surface area contributed by atoms with E-state index in [9.17, 15) is 9.90 Å². The molecule has 0 aliphatic heterocycles. The number of esters is 1. The molecule has 0 fully saturated rings. The monoisotopic (exact) mass is 274 g/mol. The van der Waals surface area contributed by atoms with Crippen molar-refractivity contribution >= 4 is 21.9 Å². The van der Waals surface area contributed by atoms with Gasteiger partial charge in [-0.25, -0.2) is 4.79 Å². The molecule has 0 radical (unpaired) electrons. The maximum absolute atomic E-state index is 11.3. The Morgan fingerprint density at radius 3 is 2.53 bits per heavy atom. The fraction of sp³-hybridized carbons (Fsp3) is 0.300. The van der Waals surface area contributed by atoms with E-state index in [0.29, 0.717) is 10.2 Å². The van der Waals surface area contributed by atoms with Crippen molar-refractivity contribution < 1.29 is 19.4 Å². The third kappa shape index (κ3) is 2.07. The summed E-state index contributed by atoms with van der Waals surface area (Å²) in [6.07, 6.45) is 0. The Labute approximate surface area is 95.9 Å². The molecular weight excluding hydrogens is 264 g/mol. The van der Waals surface area contributed by atoms with E-state index in [1.54, 1.807) is 6.92 Å². The molecule has 0 aliphatic rings. The van der Waals surface area contributed by atoms with Crippen molar-refractivity contribution in [2.24, 2.45) is 0 Å². The van der Waals surface area contributed by atoms with Crippen LogP contribution in [0.15, 0.2) is 10.5 Å². The second-order valence-corrected chi connectivity index (χ2v) is 3.70. The Morgan fingerprint density at radius 1 is 1.47 bits per heavy atom. The number of carbonyl (C=O) groups is 1. The van der Waals surface area contributed by atoms with E-state index in [4.69, 9.17) is 4.74 Å². The molecule has 0 saturated heterocycles. The van der Waals surface area contributed by atoms with Crippen LogP contribution in [-0.2, 0) is 4.74 Å². The number of ether oxygens (including phenoxy) is 2. The number of hydrogen-bond acceptors (Lipinski definition) is 4. The maximum atomic E-state index is 11.3. The third-order valence-corrected chi connectivity index (χ3v) is 3.03. The summed E-state index contributed by atoms with van der Waals surface area (Å²) in [6.45, 7) is 1.77. The van der Waals surface area contributed by atoms with Crippen LogP contribution in [0.3, 0.4) is 0 Å². The van der Waals surface area contributed by atoms with Crippen molar-refractivity contribution in [3.63, 3.8) is 0 Å². The fourth-order valence-electron chi connectivity index (χ4n) is 1.19. The molecule has 15 heavy (non-hydrogen) atoms. The van der Waals surface area contributed by atoms with Crippen molar-refractivity contribution in [3.8, 4) is 11.5 Å². The first-order valence-electron chi connectivity index (χ1n) is 4.17. The van der Waals surface area contributed by atoms with Gasteiger partial charge in [-0.2, -0.15) is 0 Å². The van der Waals surface area contributed by atoms with E-state index in [-0.39, 0.29) is 11.3 Å². The van der Waals surface area contributed by atoms with Crippen molar-refractivity contribution in [1.29, 1.82) is 0 Å². The number of aromatic hydroxyl groups is 1. The van der Waals surface area contributed by atoms with Crippen LogP contribution < -0.4 is 4.74 Å². The van der Waals surface area contributed by atoms with Crippen molar-refractivity contribution in [2.45, 2.75) is 6.92 Å². The predicted molar refractivity (Wildman–Crippen MR) is 58.4 cm³/mol. The van der Waals surface area contributed by atoms with Crippen LogP contribution in [0, 0.1) is 6.92 Å². The molecule has 1 aromatic rings. The Bertz CT molecular complexity index is 401. The van der Waals surface area contributed by atoms with Gasteiger partial charge in [0.2, 0.25) is 0 Å². The Kier molecular flexibility index (Phi) is 3.57. The zero-order valence-corrected chi connectivity index (χ0v) is 10.2. The van der Waals surface area contributed by atoms with Gasteiger partial charge in [-0.15, -0.1) is 0 Å². The van der Waals surface area contributed by atoms with Gasteiger partial charge in [-0.1, -0.05) is 0 Å². The molecule has 1 aromatic carbocycles. The second kappa shape index (κ2) is 4.53. The first kappa shape index (κ1) is 11.8. The van der Waals surface area contributed by atoms with Crippen LogP contribution in [0.1, 0.15) is 15.9 Å². The zero-order chi connectivity index (χ0) is 11.6. The van der Waals surface area contributed by atoms with E-state index in [0.717, 1.165) is 5.56 Å². The normalized spacial score (nSPS) is 9.87. The summed E-state index contributed by atoms with van der Waals surface area (Å²) in [6, 6.07) is 1.45. The molecule has 5 heteroatoms. The highest BCUT2D eigenvalue weighted by atomic mass is 79.9. The molecular formula is C10H11BrO4. The number of benzene rings is 1. The van der Waals surface area contributed by atoms with E-state index >= 15 is 0 Å². The van der Waals surface area contributed by atoms with Gasteiger partial charge in [0.15, 0.2) is 0 Å². The van der Waals surface area contributed by atoms with Gasteiger partial charge < -0.3 is 14.6 Å². The van der Waals surface area contributed by atoms with Crippen LogP contribution in [0.4, 0.5) is 0 Å². The number of hydrogen-bond donors (Lipinski definition) is 1. The minimum absolute atomic E-state index is 0.0758. The Morgan fingerprint density at radius 2 is 2.07 bits per heavy atom. The highest BCUT2D eigenvalue weighted by Gasteiger charge is 2.19. The summed E-state index contributed by atoms with van der Waals surface area (Å²) in [5.41, 5.74) is 0.800. The van der Waals surface area contributed by atoms with Gasteiger partial charge in [0.25, 0.3) is 0 Å². The smallest absolute Gasteiger partial charge is 0.341 e. The first-order chi connectivity index (χ1) is 7.02. The maximum Gasteiger partial charge on any atom is 0.341 e. The van der Waals surface area contributed by atoms with Gasteiger partial charge in [0.05, 0.1) is 18.7 Å². The van der Waals surface area contributed by atoms with Crippen LogP contribution in [0.5, 0.6) is 11.5 Å². The average Bonchev–Trinajstić information content (AvgIpc) is 2.25. The molecule has 0 aromatic heterocycles. The van der Waals surface area contributed by atoms with Crippen LogP contribution in [0.2, 0.25) is 0 Å². The molecule has 82 valence electrons. The summed E-state index contributed by atoms with van der Waals surface area (Å²) in [5.74, 6) is -0.230. The molecule has 0 saturated carbocycles. The second-order valence-electron chi connectivity index (χ2n) is 2.91. The molecule has 0 spiro atoms. The van der Waals surface area contributed by atoms with Crippen molar-refractivity contribution in [1.82, 2.24) is 0 Å². The van der Waals surface area contributed by atoms with Crippen LogP contribution in [-0.4, -0.2) is 25.3 Å². The minimum atomic E-state index is -0.605. The van der Waals surface area contributed by atoms with Gasteiger partial charge in [-0.3, -0.25) is 0 Å². The standard InChI is InChI=1S/C10H11BrO4/c1-5-7(14-2)4-6(10(13)15-3)9(12)8(5)11/h4,12H,1-3H3. The summed E-state index contributed by atoms with van der Waals surface area (Å²) in [4.78, 5) is 11.3. The summed E-state index contributed by atoms with van der Waals surface area (Å²) < 4.78 is 10.0. The molecule has 0 unspecified atom stereocenters. The predicted octanol–water partition coefficient (Wildman–Crippen LogP) is 2.26. The summed E-state index contributed by atoms with van der Waals surface area (Å²) >= 11 is 3.18. The summed E-state index contributed by atoms with van der Waals surface area (Å²) in [7, 11) is 2.74. The van der Waals surface area contributed by atoms with Gasteiger partial charge >= 0.3 is 5.97 Å². The zero-order valence-electron chi connectivity index (χ0n) is 8.63. The molecule has 0 atom stereocenters. The fourth-order valence-corrected chi connectivity index (χ4v) is 1.60. The van der Waals surface area contributed by atoms with Crippen molar-refractivity contribution in [2.75, 3.05) is 14.2 Å². The number of carbonyl (C=O) groups excluding carboxylic acids is 1. The van der Waals surface area contributed by atoms with Gasteiger partial charge in [-0.05, 0) is 28.9 Å². The number of phenolic OH excluding ortho intramolecular Hbond substituents is 1. The lowest BCUT2D eigenvalue weighted by Crippen LogP contribution is -2.03. The molecule has 1 N–H and O–H groups in total. The number of halogens is 1.